The third kappa shape index (κ3) is 5.36. The fourth-order valence-electron chi connectivity index (χ4n) is 2.80. The molecule has 1 atom stereocenters. The van der Waals surface area contributed by atoms with Crippen molar-refractivity contribution in [2.75, 3.05) is 0 Å². The number of benzene rings is 1. The van der Waals surface area contributed by atoms with Crippen LogP contribution in [0.5, 0.6) is 0 Å². The zero-order chi connectivity index (χ0) is 14.3. The second-order valence-electron chi connectivity index (χ2n) is 6.12. The van der Waals surface area contributed by atoms with E-state index in [-0.39, 0.29) is 6.10 Å². The van der Waals surface area contributed by atoms with Crippen molar-refractivity contribution in [3.63, 3.8) is 0 Å². The van der Waals surface area contributed by atoms with Crippen LogP contribution in [0.1, 0.15) is 70.6 Å². The fraction of sp³-hybridized carbons (Fsp3) is 0.667. The molecule has 0 saturated carbocycles. The first-order valence-electron chi connectivity index (χ1n) is 7.85. The van der Waals surface area contributed by atoms with E-state index in [0.717, 1.165) is 37.7 Å². The van der Waals surface area contributed by atoms with Crippen molar-refractivity contribution in [2.24, 2.45) is 11.8 Å². The number of aliphatic hydroxyl groups is 1. The Kier molecular flexibility index (Phi) is 7.15. The van der Waals surface area contributed by atoms with Crippen molar-refractivity contribution in [1.29, 1.82) is 0 Å². The summed E-state index contributed by atoms with van der Waals surface area (Å²) in [6, 6.07) is 8.57. The molecule has 1 aromatic carbocycles. The number of rotatable bonds is 8. The SMILES string of the molecule is CCCC(CCC)C(O)c1ccc(CC(C)C)cc1. The molecule has 1 nitrogen and oxygen atoms in total. The standard InChI is InChI=1S/C18H30O/c1-5-7-16(8-6-2)18(19)17-11-9-15(10-12-17)13-14(3)4/h9-12,14,16,18-19H,5-8,13H2,1-4H3. The minimum Gasteiger partial charge on any atom is -0.388 e. The van der Waals surface area contributed by atoms with E-state index in [1.54, 1.807) is 0 Å². The van der Waals surface area contributed by atoms with Crippen LogP contribution in [0.25, 0.3) is 0 Å². The molecule has 1 unspecified atom stereocenters. The minimum atomic E-state index is -0.298. The number of aliphatic hydroxyl groups excluding tert-OH is 1. The van der Waals surface area contributed by atoms with Crippen LogP contribution < -0.4 is 0 Å². The van der Waals surface area contributed by atoms with Gasteiger partial charge in [-0.1, -0.05) is 64.8 Å². The van der Waals surface area contributed by atoms with Gasteiger partial charge in [-0.2, -0.15) is 0 Å². The van der Waals surface area contributed by atoms with Gasteiger partial charge in [0.1, 0.15) is 0 Å². The molecule has 0 fully saturated rings. The molecule has 1 aromatic rings. The Balaban J connectivity index is 2.72. The second kappa shape index (κ2) is 8.37. The molecule has 0 spiro atoms. The maximum Gasteiger partial charge on any atom is 0.0818 e. The summed E-state index contributed by atoms with van der Waals surface area (Å²) in [5, 5.41) is 10.5. The summed E-state index contributed by atoms with van der Waals surface area (Å²) in [6.45, 7) is 8.87. The zero-order valence-electron chi connectivity index (χ0n) is 13.0. The molecule has 0 aliphatic rings. The number of hydrogen-bond acceptors (Lipinski definition) is 1. The van der Waals surface area contributed by atoms with E-state index in [4.69, 9.17) is 0 Å². The van der Waals surface area contributed by atoms with Gasteiger partial charge >= 0.3 is 0 Å². The van der Waals surface area contributed by atoms with Gasteiger partial charge in [-0.15, -0.1) is 0 Å². The summed E-state index contributed by atoms with van der Waals surface area (Å²) < 4.78 is 0. The summed E-state index contributed by atoms with van der Waals surface area (Å²) in [4.78, 5) is 0. The Morgan fingerprint density at radius 3 is 1.89 bits per heavy atom. The van der Waals surface area contributed by atoms with Crippen LogP contribution in [-0.2, 0) is 6.42 Å². The maximum atomic E-state index is 10.5. The monoisotopic (exact) mass is 262 g/mol. The lowest BCUT2D eigenvalue weighted by Crippen LogP contribution is -2.12. The molecule has 0 bridgehead atoms. The lowest BCUT2D eigenvalue weighted by Gasteiger charge is -2.22. The highest BCUT2D eigenvalue weighted by Crippen LogP contribution is 2.29. The molecule has 0 aromatic heterocycles. The smallest absolute Gasteiger partial charge is 0.0818 e. The van der Waals surface area contributed by atoms with Gasteiger partial charge in [-0.05, 0) is 42.2 Å². The third-order valence-corrected chi connectivity index (χ3v) is 3.73. The van der Waals surface area contributed by atoms with E-state index >= 15 is 0 Å². The first-order valence-corrected chi connectivity index (χ1v) is 7.85. The largest absolute Gasteiger partial charge is 0.388 e. The van der Waals surface area contributed by atoms with Gasteiger partial charge in [0, 0.05) is 0 Å². The molecule has 0 saturated heterocycles. The molecular weight excluding hydrogens is 232 g/mol. The molecule has 0 radical (unpaired) electrons. The first kappa shape index (κ1) is 16.2. The molecule has 0 heterocycles. The van der Waals surface area contributed by atoms with Crippen molar-refractivity contribution < 1.29 is 5.11 Å². The highest BCUT2D eigenvalue weighted by atomic mass is 16.3. The summed E-state index contributed by atoms with van der Waals surface area (Å²) in [6.07, 6.45) is 5.34. The summed E-state index contributed by atoms with van der Waals surface area (Å²) in [5.74, 6) is 1.09. The van der Waals surface area contributed by atoms with Crippen molar-refractivity contribution >= 4 is 0 Å². The molecule has 1 N–H and O–H groups in total. The van der Waals surface area contributed by atoms with E-state index in [1.807, 2.05) is 0 Å². The summed E-state index contributed by atoms with van der Waals surface area (Å²) >= 11 is 0. The topological polar surface area (TPSA) is 20.2 Å². The molecule has 0 aliphatic carbocycles. The Bertz CT molecular complexity index is 333. The predicted octanol–water partition coefficient (Wildman–Crippen LogP) is 5.13. The Morgan fingerprint density at radius 2 is 1.47 bits per heavy atom. The van der Waals surface area contributed by atoms with Crippen LogP contribution in [0.15, 0.2) is 24.3 Å². The van der Waals surface area contributed by atoms with Crippen LogP contribution in [0.2, 0.25) is 0 Å². The lowest BCUT2D eigenvalue weighted by atomic mass is 9.88. The van der Waals surface area contributed by atoms with Crippen molar-refractivity contribution in [3.8, 4) is 0 Å². The molecule has 0 aliphatic heterocycles. The van der Waals surface area contributed by atoms with Crippen molar-refractivity contribution in [2.45, 2.75) is 65.9 Å². The lowest BCUT2D eigenvalue weighted by molar-refractivity contribution is 0.0964. The van der Waals surface area contributed by atoms with Gasteiger partial charge in [-0.25, -0.2) is 0 Å². The Hall–Kier alpha value is -0.820. The van der Waals surface area contributed by atoms with E-state index in [9.17, 15) is 5.11 Å². The molecule has 1 heteroatoms. The van der Waals surface area contributed by atoms with Crippen LogP contribution in [0.3, 0.4) is 0 Å². The summed E-state index contributed by atoms with van der Waals surface area (Å²) in [7, 11) is 0. The molecule has 108 valence electrons. The molecule has 1 rings (SSSR count). The highest BCUT2D eigenvalue weighted by molar-refractivity contribution is 5.24. The van der Waals surface area contributed by atoms with Gasteiger partial charge in [0.2, 0.25) is 0 Å². The average molecular weight is 262 g/mol. The van der Waals surface area contributed by atoms with Gasteiger partial charge in [-0.3, -0.25) is 0 Å². The van der Waals surface area contributed by atoms with E-state index < -0.39 is 0 Å². The van der Waals surface area contributed by atoms with Crippen LogP contribution in [0, 0.1) is 11.8 Å². The predicted molar refractivity (Wildman–Crippen MR) is 83.2 cm³/mol. The first-order chi connectivity index (χ1) is 9.08. The van der Waals surface area contributed by atoms with E-state index in [0.29, 0.717) is 11.8 Å². The highest BCUT2D eigenvalue weighted by Gasteiger charge is 2.19. The zero-order valence-corrected chi connectivity index (χ0v) is 13.0. The van der Waals surface area contributed by atoms with E-state index in [1.165, 1.54) is 5.56 Å². The number of hydrogen-bond donors (Lipinski definition) is 1. The maximum absolute atomic E-state index is 10.5. The van der Waals surface area contributed by atoms with E-state index in [2.05, 4.69) is 52.0 Å². The Labute approximate surface area is 119 Å². The third-order valence-electron chi connectivity index (χ3n) is 3.73. The molecule has 0 amide bonds. The average Bonchev–Trinajstić information content (AvgIpc) is 2.38. The van der Waals surface area contributed by atoms with Gasteiger partial charge < -0.3 is 5.11 Å². The molecular formula is C18H30O. The molecule has 19 heavy (non-hydrogen) atoms. The van der Waals surface area contributed by atoms with Crippen molar-refractivity contribution in [1.82, 2.24) is 0 Å². The second-order valence-corrected chi connectivity index (χ2v) is 6.12. The quantitative estimate of drug-likeness (QED) is 0.688. The summed E-state index contributed by atoms with van der Waals surface area (Å²) in [5.41, 5.74) is 2.45. The van der Waals surface area contributed by atoms with Crippen LogP contribution >= 0.6 is 0 Å². The van der Waals surface area contributed by atoms with Gasteiger partial charge in [0.15, 0.2) is 0 Å². The van der Waals surface area contributed by atoms with Crippen LogP contribution in [0.4, 0.5) is 0 Å². The van der Waals surface area contributed by atoms with Crippen molar-refractivity contribution in [3.05, 3.63) is 35.4 Å². The minimum absolute atomic E-state index is 0.298. The van der Waals surface area contributed by atoms with Crippen LogP contribution in [-0.4, -0.2) is 5.11 Å². The fourth-order valence-corrected chi connectivity index (χ4v) is 2.80. The normalized spacial score (nSPS) is 13.2. The van der Waals surface area contributed by atoms with Gasteiger partial charge in [0.05, 0.1) is 6.10 Å². The Morgan fingerprint density at radius 1 is 0.947 bits per heavy atom. The van der Waals surface area contributed by atoms with Gasteiger partial charge in [0.25, 0.3) is 0 Å².